The Balaban J connectivity index is 0.972. The summed E-state index contributed by atoms with van der Waals surface area (Å²) in [6, 6.07) is 88.5. The highest BCUT2D eigenvalue weighted by Gasteiger charge is 2.21. The molecule has 0 saturated heterocycles. The minimum Gasteiger partial charge on any atom is -0.456 e. The summed E-state index contributed by atoms with van der Waals surface area (Å²) in [6.45, 7) is 8.98. The zero-order chi connectivity index (χ0) is 48.0. The summed E-state index contributed by atoms with van der Waals surface area (Å²) in [5.74, 6) is 0.905. The molecule has 12 aromatic rings. The van der Waals surface area contributed by atoms with Crippen LogP contribution in [0.25, 0.3) is 76.9 Å². The molecule has 0 fully saturated rings. The van der Waals surface area contributed by atoms with Crippen LogP contribution in [0, 0.1) is 0 Å². The predicted molar refractivity (Wildman–Crippen MR) is 303 cm³/mol. The summed E-state index contributed by atoms with van der Waals surface area (Å²) in [5.41, 5.74) is 18.0. The van der Waals surface area contributed by atoms with E-state index in [1.165, 1.54) is 44.5 Å². The molecule has 0 unspecified atom stereocenters. The molecule has 11 aromatic carbocycles. The van der Waals surface area contributed by atoms with E-state index in [-0.39, 0.29) is 0 Å². The number of hydrogen-bond donors (Lipinski definition) is 0. The minimum atomic E-state index is 0.444. The lowest BCUT2D eigenvalue weighted by atomic mass is 9.96. The molecule has 0 bridgehead atoms. The SMILES string of the molecule is CC(C)c1ccc(-c2ccccc2N(c2cccc(-c3ccccc3)c2)c2ccc3cc4c(cc3c2)oc2cc3cc(N(c5ccc(C(C)C)cc5)c5ccccc5-c5ccccc5)ccc3cc24)cc1. The number of fused-ring (bicyclic) bond motifs is 5. The quantitative estimate of drug-likeness (QED) is 0.129. The second-order valence-electron chi connectivity index (χ2n) is 19.4. The van der Waals surface area contributed by atoms with Crippen LogP contribution in [-0.2, 0) is 0 Å². The first-order chi connectivity index (χ1) is 34.8. The topological polar surface area (TPSA) is 19.6 Å². The van der Waals surface area contributed by atoms with E-state index >= 15 is 0 Å². The normalized spacial score (nSPS) is 11.6. The van der Waals surface area contributed by atoms with Crippen LogP contribution < -0.4 is 9.80 Å². The molecule has 1 aromatic heterocycles. The van der Waals surface area contributed by atoms with Crippen LogP contribution in [0.5, 0.6) is 0 Å². The van der Waals surface area contributed by atoms with Crippen LogP contribution in [0.4, 0.5) is 34.1 Å². The van der Waals surface area contributed by atoms with Gasteiger partial charge in [0.25, 0.3) is 0 Å². The maximum atomic E-state index is 6.86. The van der Waals surface area contributed by atoms with Crippen molar-refractivity contribution in [3.8, 4) is 33.4 Å². The van der Waals surface area contributed by atoms with Gasteiger partial charge in [-0.1, -0.05) is 185 Å². The summed E-state index contributed by atoms with van der Waals surface area (Å²) < 4.78 is 6.86. The highest BCUT2D eigenvalue weighted by atomic mass is 16.3. The predicted octanol–water partition coefficient (Wildman–Crippen LogP) is 20.1. The van der Waals surface area contributed by atoms with Crippen molar-refractivity contribution in [3.63, 3.8) is 0 Å². The van der Waals surface area contributed by atoms with Crippen LogP contribution in [0.2, 0.25) is 0 Å². The summed E-state index contributed by atoms with van der Waals surface area (Å²) in [7, 11) is 0. The van der Waals surface area contributed by atoms with Crippen LogP contribution >= 0.6 is 0 Å². The van der Waals surface area contributed by atoms with Crippen molar-refractivity contribution in [2.75, 3.05) is 9.80 Å². The smallest absolute Gasteiger partial charge is 0.136 e. The number of anilines is 6. The van der Waals surface area contributed by atoms with Crippen molar-refractivity contribution >= 4 is 77.6 Å². The highest BCUT2D eigenvalue weighted by Crippen LogP contribution is 2.46. The van der Waals surface area contributed by atoms with Crippen LogP contribution in [0.15, 0.2) is 247 Å². The monoisotopic (exact) mass is 914 g/mol. The van der Waals surface area contributed by atoms with Gasteiger partial charge in [0.1, 0.15) is 11.2 Å². The molecule has 12 rings (SSSR count). The number of furan rings is 1. The van der Waals surface area contributed by atoms with E-state index in [2.05, 4.69) is 280 Å². The lowest BCUT2D eigenvalue weighted by Crippen LogP contribution is -2.11. The maximum Gasteiger partial charge on any atom is 0.136 e. The standard InChI is InChI=1S/C68H54N2O/c1-45(2)47-26-28-51(29-27-47)62-23-12-14-25-66(62)70(58-21-15-20-52(38-58)49-16-7-5-8-17-49)60-37-33-54-42-64-63-41-53-32-36-59(39-55(53)43-67(63)71-68(64)44-56(54)40-60)69(57-34-30-48(31-35-57)46(3)4)65-24-13-11-22-61(65)50-18-9-6-10-19-50/h5-46H,1-4H3. The van der Waals surface area contributed by atoms with Gasteiger partial charge in [-0.05, 0) is 152 Å². The Morgan fingerprint density at radius 1 is 0.296 bits per heavy atom. The van der Waals surface area contributed by atoms with Gasteiger partial charge >= 0.3 is 0 Å². The van der Waals surface area contributed by atoms with E-state index in [9.17, 15) is 0 Å². The Kier molecular flexibility index (Phi) is 11.3. The van der Waals surface area contributed by atoms with Gasteiger partial charge in [0.05, 0.1) is 11.4 Å². The molecule has 1 heterocycles. The Labute approximate surface area is 416 Å². The molecule has 0 amide bonds. The second-order valence-corrected chi connectivity index (χ2v) is 19.4. The molecule has 0 aliphatic carbocycles. The molecule has 0 saturated carbocycles. The Bertz CT molecular complexity index is 3870. The van der Waals surface area contributed by atoms with E-state index in [0.717, 1.165) is 77.6 Å². The van der Waals surface area contributed by atoms with Crippen molar-refractivity contribution in [1.29, 1.82) is 0 Å². The van der Waals surface area contributed by atoms with E-state index in [0.29, 0.717) is 11.8 Å². The number of benzene rings is 11. The van der Waals surface area contributed by atoms with Gasteiger partial charge in [-0.3, -0.25) is 0 Å². The third-order valence-electron chi connectivity index (χ3n) is 14.2. The van der Waals surface area contributed by atoms with Gasteiger partial charge in [0.15, 0.2) is 0 Å². The molecule has 3 heteroatoms. The Morgan fingerprint density at radius 3 is 1.25 bits per heavy atom. The van der Waals surface area contributed by atoms with Gasteiger partial charge < -0.3 is 14.2 Å². The number of rotatable bonds is 11. The van der Waals surface area contributed by atoms with Gasteiger partial charge in [0, 0.05) is 44.6 Å². The van der Waals surface area contributed by atoms with Crippen LogP contribution in [0.3, 0.4) is 0 Å². The lowest BCUT2D eigenvalue weighted by Gasteiger charge is -2.28. The summed E-state index contributed by atoms with van der Waals surface area (Å²) in [6.07, 6.45) is 0. The summed E-state index contributed by atoms with van der Waals surface area (Å²) in [4.78, 5) is 4.80. The molecule has 0 aliphatic heterocycles. The van der Waals surface area contributed by atoms with Crippen molar-refractivity contribution in [3.05, 3.63) is 254 Å². The zero-order valence-corrected chi connectivity index (χ0v) is 40.6. The Morgan fingerprint density at radius 2 is 0.718 bits per heavy atom. The molecule has 342 valence electrons. The summed E-state index contributed by atoms with van der Waals surface area (Å²) in [5, 5.41) is 6.77. The van der Waals surface area contributed by atoms with E-state index in [1.807, 2.05) is 0 Å². The fraction of sp³-hybridized carbons (Fsp3) is 0.0882. The molecule has 0 radical (unpaired) electrons. The molecule has 3 nitrogen and oxygen atoms in total. The van der Waals surface area contributed by atoms with E-state index < -0.39 is 0 Å². The fourth-order valence-corrected chi connectivity index (χ4v) is 10.3. The highest BCUT2D eigenvalue weighted by molar-refractivity contribution is 6.14. The number of hydrogen-bond acceptors (Lipinski definition) is 3. The second kappa shape index (κ2) is 18.3. The zero-order valence-electron chi connectivity index (χ0n) is 40.6. The first-order valence-electron chi connectivity index (χ1n) is 24.9. The van der Waals surface area contributed by atoms with Crippen molar-refractivity contribution in [1.82, 2.24) is 0 Å². The van der Waals surface area contributed by atoms with Crippen molar-refractivity contribution in [2.45, 2.75) is 39.5 Å². The average Bonchev–Trinajstić information content (AvgIpc) is 3.76. The van der Waals surface area contributed by atoms with E-state index in [1.54, 1.807) is 0 Å². The molecule has 0 spiro atoms. The van der Waals surface area contributed by atoms with Crippen LogP contribution in [-0.4, -0.2) is 0 Å². The number of nitrogens with zero attached hydrogens (tertiary/aromatic N) is 2. The summed E-state index contributed by atoms with van der Waals surface area (Å²) >= 11 is 0. The first kappa shape index (κ1) is 43.6. The molecule has 0 N–H and O–H groups in total. The first-order valence-corrected chi connectivity index (χ1v) is 24.9. The Hall–Kier alpha value is -8.66. The van der Waals surface area contributed by atoms with Gasteiger partial charge in [-0.2, -0.15) is 0 Å². The van der Waals surface area contributed by atoms with Crippen molar-refractivity contribution < 1.29 is 4.42 Å². The number of para-hydroxylation sites is 2. The van der Waals surface area contributed by atoms with Gasteiger partial charge in [-0.25, -0.2) is 0 Å². The largest absolute Gasteiger partial charge is 0.456 e. The van der Waals surface area contributed by atoms with Gasteiger partial charge in [-0.15, -0.1) is 0 Å². The molecular formula is C68H54N2O. The minimum absolute atomic E-state index is 0.444. The third-order valence-corrected chi connectivity index (χ3v) is 14.2. The molecule has 0 aliphatic rings. The average molecular weight is 915 g/mol. The van der Waals surface area contributed by atoms with E-state index in [4.69, 9.17) is 4.42 Å². The molecule has 0 atom stereocenters. The third kappa shape index (κ3) is 8.30. The molecule has 71 heavy (non-hydrogen) atoms. The maximum absolute atomic E-state index is 6.86. The van der Waals surface area contributed by atoms with Crippen LogP contribution in [0.1, 0.15) is 50.7 Å². The lowest BCUT2D eigenvalue weighted by molar-refractivity contribution is 0.670. The van der Waals surface area contributed by atoms with Gasteiger partial charge in [0.2, 0.25) is 0 Å². The molecular weight excluding hydrogens is 861 g/mol. The van der Waals surface area contributed by atoms with Crippen molar-refractivity contribution in [2.24, 2.45) is 0 Å². The fourth-order valence-electron chi connectivity index (χ4n) is 10.3.